The normalized spacial score (nSPS) is 16.7. The molecule has 25 heavy (non-hydrogen) atoms. The van der Waals surface area contributed by atoms with Crippen molar-refractivity contribution in [3.05, 3.63) is 30.2 Å². The van der Waals surface area contributed by atoms with Gasteiger partial charge in [0.2, 0.25) is 12.3 Å². The minimum atomic E-state index is -0.117. The molecule has 7 heteroatoms. The number of aliphatic hydroxyl groups excluding tert-OH is 1. The number of nitrogens with zero attached hydrogens (tertiary/aromatic N) is 3. The Morgan fingerprint density at radius 1 is 1.40 bits per heavy atom. The fourth-order valence-corrected chi connectivity index (χ4v) is 3.19. The number of hydrogen-bond acceptors (Lipinski definition) is 5. The molecule has 0 saturated carbocycles. The lowest BCUT2D eigenvalue weighted by atomic mass is 9.77. The van der Waals surface area contributed by atoms with Gasteiger partial charge in [0.15, 0.2) is 0 Å². The van der Waals surface area contributed by atoms with Crippen molar-refractivity contribution in [2.75, 3.05) is 25.0 Å². The number of nitrogens with one attached hydrogen (secondary N) is 1. The van der Waals surface area contributed by atoms with E-state index in [1.165, 1.54) is 6.39 Å². The third-order valence-electron chi connectivity index (χ3n) is 5.28. The van der Waals surface area contributed by atoms with E-state index in [0.717, 1.165) is 36.1 Å². The first-order valence-corrected chi connectivity index (χ1v) is 8.61. The Kier molecular flexibility index (Phi) is 5.03. The minimum absolute atomic E-state index is 0.0371. The average Bonchev–Trinajstić information content (AvgIpc) is 3.18. The summed E-state index contributed by atoms with van der Waals surface area (Å²) in [5.74, 6) is 0.421. The first kappa shape index (κ1) is 17.4. The first-order chi connectivity index (χ1) is 12.1. The number of hydrogen-bond donors (Lipinski definition) is 2. The minimum Gasteiger partial charge on any atom is -0.423 e. The Morgan fingerprint density at radius 2 is 2.16 bits per heavy atom. The summed E-state index contributed by atoms with van der Waals surface area (Å²) in [4.78, 5) is 14.4. The molecular formula is C18H24N4O3. The summed E-state index contributed by atoms with van der Waals surface area (Å²) in [6.45, 7) is 5.53. The molecule has 134 valence electrons. The summed E-state index contributed by atoms with van der Waals surface area (Å²) in [7, 11) is 0. The zero-order valence-corrected chi connectivity index (χ0v) is 14.7. The SMILES string of the molecule is CCC1(CO)CCN(C(=O)Nc2cc(-c3nnco3)ccc2C)CC1. The van der Waals surface area contributed by atoms with Crippen molar-refractivity contribution >= 4 is 11.7 Å². The van der Waals surface area contributed by atoms with Crippen LogP contribution in [0.3, 0.4) is 0 Å². The molecular weight excluding hydrogens is 320 g/mol. The third-order valence-corrected chi connectivity index (χ3v) is 5.28. The molecule has 0 radical (unpaired) electrons. The van der Waals surface area contributed by atoms with E-state index in [4.69, 9.17) is 4.42 Å². The van der Waals surface area contributed by atoms with Crippen molar-refractivity contribution in [3.63, 3.8) is 0 Å². The molecule has 1 aliphatic rings. The predicted molar refractivity (Wildman–Crippen MR) is 94.1 cm³/mol. The summed E-state index contributed by atoms with van der Waals surface area (Å²) in [5.41, 5.74) is 2.43. The molecule has 2 amide bonds. The molecule has 0 atom stereocenters. The number of amides is 2. The summed E-state index contributed by atoms with van der Waals surface area (Å²) < 4.78 is 5.21. The number of likely N-dealkylation sites (tertiary alicyclic amines) is 1. The first-order valence-electron chi connectivity index (χ1n) is 8.61. The fraction of sp³-hybridized carbons (Fsp3) is 0.500. The monoisotopic (exact) mass is 344 g/mol. The lowest BCUT2D eigenvalue weighted by molar-refractivity contribution is 0.0542. The van der Waals surface area contributed by atoms with Crippen molar-refractivity contribution in [1.82, 2.24) is 15.1 Å². The van der Waals surface area contributed by atoms with Crippen LogP contribution in [0, 0.1) is 12.3 Å². The van der Waals surface area contributed by atoms with Gasteiger partial charge in [-0.1, -0.05) is 13.0 Å². The molecule has 2 N–H and O–H groups in total. The molecule has 0 aliphatic carbocycles. The smallest absolute Gasteiger partial charge is 0.321 e. The number of benzene rings is 1. The van der Waals surface area contributed by atoms with E-state index < -0.39 is 0 Å². The van der Waals surface area contributed by atoms with Gasteiger partial charge < -0.3 is 19.7 Å². The van der Waals surface area contributed by atoms with E-state index in [1.54, 1.807) is 0 Å². The van der Waals surface area contributed by atoms with Crippen molar-refractivity contribution in [3.8, 4) is 11.5 Å². The van der Waals surface area contributed by atoms with Gasteiger partial charge in [0, 0.05) is 30.9 Å². The number of piperidine rings is 1. The molecule has 1 aromatic heterocycles. The summed E-state index contributed by atoms with van der Waals surface area (Å²) in [6, 6.07) is 5.53. The number of aliphatic hydroxyl groups is 1. The number of anilines is 1. The number of urea groups is 1. The second-order valence-corrected chi connectivity index (χ2v) is 6.70. The maximum absolute atomic E-state index is 12.6. The highest BCUT2D eigenvalue weighted by atomic mass is 16.4. The van der Waals surface area contributed by atoms with Crippen LogP contribution < -0.4 is 5.32 Å². The lowest BCUT2D eigenvalue weighted by Gasteiger charge is -2.40. The molecule has 2 aromatic rings. The van der Waals surface area contributed by atoms with Crippen LogP contribution in [0.25, 0.3) is 11.5 Å². The fourth-order valence-electron chi connectivity index (χ4n) is 3.19. The number of aromatic nitrogens is 2. The molecule has 1 saturated heterocycles. The van der Waals surface area contributed by atoms with Gasteiger partial charge in [-0.2, -0.15) is 0 Å². The van der Waals surface area contributed by atoms with Gasteiger partial charge in [0.25, 0.3) is 0 Å². The molecule has 0 bridgehead atoms. The highest BCUT2D eigenvalue weighted by Gasteiger charge is 2.33. The predicted octanol–water partition coefficient (Wildman–Crippen LogP) is 3.06. The average molecular weight is 344 g/mol. The van der Waals surface area contributed by atoms with Crippen LogP contribution in [-0.2, 0) is 0 Å². The molecule has 2 heterocycles. The van der Waals surface area contributed by atoms with Crippen LogP contribution in [0.5, 0.6) is 0 Å². The number of carbonyl (C=O) groups is 1. The van der Waals surface area contributed by atoms with Gasteiger partial charge in [0.05, 0.1) is 0 Å². The van der Waals surface area contributed by atoms with Gasteiger partial charge in [0.1, 0.15) is 0 Å². The lowest BCUT2D eigenvalue weighted by Crippen LogP contribution is -2.46. The van der Waals surface area contributed by atoms with Crippen LogP contribution in [0.15, 0.2) is 29.0 Å². The zero-order chi connectivity index (χ0) is 17.9. The Balaban J connectivity index is 1.68. The van der Waals surface area contributed by atoms with Crippen molar-refractivity contribution in [1.29, 1.82) is 0 Å². The van der Waals surface area contributed by atoms with Crippen LogP contribution in [0.4, 0.5) is 10.5 Å². The Bertz CT molecular complexity index is 716. The molecule has 1 fully saturated rings. The second-order valence-electron chi connectivity index (χ2n) is 6.70. The maximum Gasteiger partial charge on any atom is 0.321 e. The number of rotatable bonds is 4. The Morgan fingerprint density at radius 3 is 2.76 bits per heavy atom. The largest absolute Gasteiger partial charge is 0.423 e. The molecule has 0 spiro atoms. The van der Waals surface area contributed by atoms with E-state index >= 15 is 0 Å². The van der Waals surface area contributed by atoms with Crippen molar-refractivity contribution < 1.29 is 14.3 Å². The quantitative estimate of drug-likeness (QED) is 0.889. The van der Waals surface area contributed by atoms with Crippen molar-refractivity contribution in [2.45, 2.75) is 33.1 Å². The van der Waals surface area contributed by atoms with Crippen LogP contribution in [0.1, 0.15) is 31.7 Å². The van der Waals surface area contributed by atoms with E-state index in [1.807, 2.05) is 30.0 Å². The van der Waals surface area contributed by atoms with E-state index in [2.05, 4.69) is 22.4 Å². The molecule has 1 aromatic carbocycles. The highest BCUT2D eigenvalue weighted by molar-refractivity contribution is 5.91. The number of carbonyl (C=O) groups excluding carboxylic acids is 1. The zero-order valence-electron chi connectivity index (χ0n) is 14.7. The Labute approximate surface area is 147 Å². The highest BCUT2D eigenvalue weighted by Crippen LogP contribution is 2.34. The summed E-state index contributed by atoms with van der Waals surface area (Å²) in [6.07, 6.45) is 3.87. The molecule has 7 nitrogen and oxygen atoms in total. The van der Waals surface area contributed by atoms with Gasteiger partial charge in [-0.05, 0) is 49.3 Å². The van der Waals surface area contributed by atoms with Crippen LogP contribution in [-0.4, -0.2) is 45.9 Å². The van der Waals surface area contributed by atoms with Crippen molar-refractivity contribution in [2.24, 2.45) is 5.41 Å². The summed E-state index contributed by atoms with van der Waals surface area (Å²) >= 11 is 0. The molecule has 3 rings (SSSR count). The van der Waals surface area contributed by atoms with Crippen LogP contribution in [0.2, 0.25) is 0 Å². The van der Waals surface area contributed by atoms with E-state index in [-0.39, 0.29) is 18.1 Å². The Hall–Kier alpha value is -2.41. The van der Waals surface area contributed by atoms with Gasteiger partial charge in [-0.3, -0.25) is 0 Å². The van der Waals surface area contributed by atoms with Gasteiger partial charge in [-0.25, -0.2) is 4.79 Å². The maximum atomic E-state index is 12.6. The second kappa shape index (κ2) is 7.23. The topological polar surface area (TPSA) is 91.5 Å². The molecule has 1 aliphatic heterocycles. The van der Waals surface area contributed by atoms with Crippen LogP contribution >= 0.6 is 0 Å². The van der Waals surface area contributed by atoms with E-state index in [9.17, 15) is 9.90 Å². The van der Waals surface area contributed by atoms with E-state index in [0.29, 0.717) is 19.0 Å². The summed E-state index contributed by atoms with van der Waals surface area (Å²) in [5, 5.41) is 20.2. The molecule has 0 unspecified atom stereocenters. The number of aryl methyl sites for hydroxylation is 1. The standard InChI is InChI=1S/C18H24N4O3/c1-3-18(11-23)6-8-22(9-7-18)17(24)20-15-10-14(5-4-13(15)2)16-21-19-12-25-16/h4-5,10,12,23H,3,6-9,11H2,1-2H3,(H,20,24). The third kappa shape index (κ3) is 3.66. The van der Waals surface area contributed by atoms with Gasteiger partial charge >= 0.3 is 6.03 Å². The van der Waals surface area contributed by atoms with Gasteiger partial charge in [-0.15, -0.1) is 10.2 Å².